The van der Waals surface area contributed by atoms with Gasteiger partial charge in [-0.2, -0.15) is 0 Å². The highest BCUT2D eigenvalue weighted by molar-refractivity contribution is 9.10. The number of anilines is 2. The predicted octanol–water partition coefficient (Wildman–Crippen LogP) is 6.75. The molecule has 0 saturated carbocycles. The minimum absolute atomic E-state index is 0.183. The first kappa shape index (κ1) is 23.5. The van der Waals surface area contributed by atoms with Gasteiger partial charge in [0.25, 0.3) is 15.9 Å². The first-order chi connectivity index (χ1) is 15.7. The third-order valence-corrected chi connectivity index (χ3v) is 8.74. The zero-order chi connectivity index (χ0) is 23.8. The Kier molecular flexibility index (Phi) is 6.61. The van der Waals surface area contributed by atoms with Crippen molar-refractivity contribution in [1.82, 2.24) is 0 Å². The standard InChI is InChI=1S/C25H23BrN2O3S2/c1-4-28(33(30,31)22-8-5-19(26)6-9-22)21-7-10-23-18(14-21)15-24(32-23)25(29)27-20-12-16(2)11-17(3)13-20/h5-15H,4H2,1-3H3,(H,27,29). The lowest BCUT2D eigenvalue weighted by Crippen LogP contribution is -2.30. The van der Waals surface area contributed by atoms with Crippen LogP contribution >= 0.6 is 27.3 Å². The lowest BCUT2D eigenvalue weighted by Gasteiger charge is -2.23. The average molecular weight is 544 g/mol. The van der Waals surface area contributed by atoms with Crippen molar-refractivity contribution in [3.63, 3.8) is 0 Å². The fourth-order valence-electron chi connectivity index (χ4n) is 3.76. The number of fused-ring (bicyclic) bond motifs is 1. The summed E-state index contributed by atoms with van der Waals surface area (Å²) in [7, 11) is -3.71. The number of sulfonamides is 1. The van der Waals surface area contributed by atoms with E-state index in [0.29, 0.717) is 10.6 Å². The van der Waals surface area contributed by atoms with E-state index in [-0.39, 0.29) is 17.3 Å². The molecule has 0 bridgehead atoms. The second-order valence-electron chi connectivity index (χ2n) is 7.79. The Morgan fingerprint density at radius 2 is 1.64 bits per heavy atom. The summed E-state index contributed by atoms with van der Waals surface area (Å²) in [5.41, 5.74) is 3.48. The van der Waals surface area contributed by atoms with Crippen LogP contribution in [0.25, 0.3) is 10.1 Å². The molecule has 1 amide bonds. The van der Waals surface area contributed by atoms with Gasteiger partial charge in [0, 0.05) is 21.4 Å². The molecule has 0 aliphatic carbocycles. The normalized spacial score (nSPS) is 11.5. The molecule has 0 spiro atoms. The first-order valence-electron chi connectivity index (χ1n) is 10.4. The maximum absolute atomic E-state index is 13.2. The van der Waals surface area contributed by atoms with Gasteiger partial charge in [0.05, 0.1) is 15.5 Å². The molecule has 1 aromatic heterocycles. The number of hydrogen-bond donors (Lipinski definition) is 1. The molecule has 0 aliphatic heterocycles. The van der Waals surface area contributed by atoms with Crippen LogP contribution in [0.2, 0.25) is 0 Å². The summed E-state index contributed by atoms with van der Waals surface area (Å²) in [4.78, 5) is 13.6. The van der Waals surface area contributed by atoms with Crippen LogP contribution in [0.4, 0.5) is 11.4 Å². The Morgan fingerprint density at radius 1 is 0.970 bits per heavy atom. The van der Waals surface area contributed by atoms with Crippen molar-refractivity contribution in [3.8, 4) is 0 Å². The third kappa shape index (κ3) is 4.98. The molecule has 0 radical (unpaired) electrons. The maximum atomic E-state index is 13.2. The van der Waals surface area contributed by atoms with Gasteiger partial charge in [0.1, 0.15) is 0 Å². The number of nitrogens with zero attached hydrogens (tertiary/aromatic N) is 1. The molecule has 1 N–H and O–H groups in total. The van der Waals surface area contributed by atoms with E-state index in [2.05, 4.69) is 27.3 Å². The molecule has 4 rings (SSSR count). The third-order valence-electron chi connectivity index (χ3n) is 5.18. The molecule has 0 aliphatic rings. The Bertz CT molecular complexity index is 1420. The van der Waals surface area contributed by atoms with Gasteiger partial charge >= 0.3 is 0 Å². The van der Waals surface area contributed by atoms with Gasteiger partial charge in [-0.05, 0) is 97.9 Å². The lowest BCUT2D eigenvalue weighted by molar-refractivity contribution is 0.103. The molecule has 0 atom stereocenters. The molecule has 0 saturated heterocycles. The van der Waals surface area contributed by atoms with Gasteiger partial charge in [0.15, 0.2) is 0 Å². The van der Waals surface area contributed by atoms with E-state index >= 15 is 0 Å². The predicted molar refractivity (Wildman–Crippen MR) is 140 cm³/mol. The molecule has 33 heavy (non-hydrogen) atoms. The van der Waals surface area contributed by atoms with Crippen LogP contribution in [0, 0.1) is 13.8 Å². The van der Waals surface area contributed by atoms with Crippen molar-refractivity contribution in [1.29, 1.82) is 0 Å². The highest BCUT2D eigenvalue weighted by atomic mass is 79.9. The molecule has 1 heterocycles. The van der Waals surface area contributed by atoms with Crippen LogP contribution in [-0.2, 0) is 10.0 Å². The van der Waals surface area contributed by atoms with E-state index in [9.17, 15) is 13.2 Å². The number of hydrogen-bond acceptors (Lipinski definition) is 4. The minimum atomic E-state index is -3.71. The Labute approximate surface area is 206 Å². The van der Waals surface area contributed by atoms with E-state index in [4.69, 9.17) is 0 Å². The summed E-state index contributed by atoms with van der Waals surface area (Å²) in [6.45, 7) is 6.07. The van der Waals surface area contributed by atoms with Gasteiger partial charge in [-0.1, -0.05) is 22.0 Å². The fraction of sp³-hybridized carbons (Fsp3) is 0.160. The zero-order valence-corrected chi connectivity index (χ0v) is 21.6. The van der Waals surface area contributed by atoms with Gasteiger partial charge < -0.3 is 5.32 Å². The minimum Gasteiger partial charge on any atom is -0.321 e. The van der Waals surface area contributed by atoms with Crippen molar-refractivity contribution in [2.75, 3.05) is 16.2 Å². The molecule has 4 aromatic rings. The number of thiophene rings is 1. The molecular weight excluding hydrogens is 520 g/mol. The number of aryl methyl sites for hydroxylation is 2. The summed E-state index contributed by atoms with van der Waals surface area (Å²) in [5.74, 6) is -0.183. The van der Waals surface area contributed by atoms with E-state index in [1.807, 2.05) is 44.2 Å². The number of amides is 1. The molecule has 0 fully saturated rings. The van der Waals surface area contributed by atoms with Crippen LogP contribution in [0.3, 0.4) is 0 Å². The van der Waals surface area contributed by atoms with Gasteiger partial charge in [0.2, 0.25) is 0 Å². The van der Waals surface area contributed by atoms with Crippen molar-refractivity contribution >= 4 is 64.7 Å². The number of rotatable bonds is 6. The number of carbonyl (C=O) groups excluding carboxylic acids is 1. The van der Waals surface area contributed by atoms with E-state index in [1.165, 1.54) is 15.6 Å². The number of carbonyl (C=O) groups is 1. The van der Waals surface area contributed by atoms with Crippen molar-refractivity contribution in [2.45, 2.75) is 25.7 Å². The Morgan fingerprint density at radius 3 is 2.27 bits per heavy atom. The van der Waals surface area contributed by atoms with E-state index < -0.39 is 10.0 Å². The monoisotopic (exact) mass is 542 g/mol. The number of nitrogens with one attached hydrogen (secondary N) is 1. The molecule has 170 valence electrons. The summed E-state index contributed by atoms with van der Waals surface area (Å²) in [5, 5.41) is 3.79. The van der Waals surface area contributed by atoms with Crippen LogP contribution in [0.15, 0.2) is 76.1 Å². The van der Waals surface area contributed by atoms with E-state index in [1.54, 1.807) is 37.3 Å². The number of halogens is 1. The van der Waals surface area contributed by atoms with E-state index in [0.717, 1.165) is 31.4 Å². The quantitative estimate of drug-likeness (QED) is 0.293. The summed E-state index contributed by atoms with van der Waals surface area (Å²) in [6.07, 6.45) is 0. The number of benzene rings is 3. The van der Waals surface area contributed by atoms with Crippen LogP contribution in [0.5, 0.6) is 0 Å². The van der Waals surface area contributed by atoms with Crippen LogP contribution < -0.4 is 9.62 Å². The Hall–Kier alpha value is -2.68. The van der Waals surface area contributed by atoms with Gasteiger partial charge in [-0.15, -0.1) is 11.3 Å². The smallest absolute Gasteiger partial charge is 0.265 e. The second kappa shape index (κ2) is 9.29. The maximum Gasteiger partial charge on any atom is 0.265 e. The van der Waals surface area contributed by atoms with Gasteiger partial charge in [-0.3, -0.25) is 9.10 Å². The summed E-state index contributed by atoms with van der Waals surface area (Å²) >= 11 is 4.72. The highest BCUT2D eigenvalue weighted by Crippen LogP contribution is 2.32. The van der Waals surface area contributed by atoms with Gasteiger partial charge in [-0.25, -0.2) is 8.42 Å². The molecule has 0 unspecified atom stereocenters. The topological polar surface area (TPSA) is 66.5 Å². The molecule has 3 aromatic carbocycles. The largest absolute Gasteiger partial charge is 0.321 e. The highest BCUT2D eigenvalue weighted by Gasteiger charge is 2.24. The van der Waals surface area contributed by atoms with Crippen molar-refractivity contribution in [2.24, 2.45) is 0 Å². The van der Waals surface area contributed by atoms with Crippen molar-refractivity contribution < 1.29 is 13.2 Å². The molecule has 5 nitrogen and oxygen atoms in total. The fourth-order valence-corrected chi connectivity index (χ4v) is 6.43. The zero-order valence-electron chi connectivity index (χ0n) is 18.4. The van der Waals surface area contributed by atoms with Crippen molar-refractivity contribution in [3.05, 3.63) is 87.2 Å². The van der Waals surface area contributed by atoms with Crippen LogP contribution in [0.1, 0.15) is 27.7 Å². The summed E-state index contributed by atoms with van der Waals surface area (Å²) in [6, 6.07) is 19.8. The SMILES string of the molecule is CCN(c1ccc2sc(C(=O)Nc3cc(C)cc(C)c3)cc2c1)S(=O)(=O)c1ccc(Br)cc1. The first-order valence-corrected chi connectivity index (χ1v) is 13.4. The molecular formula is C25H23BrN2O3S2. The summed E-state index contributed by atoms with van der Waals surface area (Å²) < 4.78 is 29.6. The second-order valence-corrected chi connectivity index (χ2v) is 11.6. The lowest BCUT2D eigenvalue weighted by atomic mass is 10.1. The molecule has 8 heteroatoms. The van der Waals surface area contributed by atoms with Crippen LogP contribution in [-0.4, -0.2) is 20.9 Å². The Balaban J connectivity index is 1.64. The average Bonchev–Trinajstić information content (AvgIpc) is 3.17.